The third-order valence-electron chi connectivity index (χ3n) is 2.64. The molecule has 20 heavy (non-hydrogen) atoms. The van der Waals surface area contributed by atoms with Crippen LogP contribution < -0.4 is 10.1 Å². The topological polar surface area (TPSA) is 77.0 Å². The summed E-state index contributed by atoms with van der Waals surface area (Å²) in [6, 6.07) is 3.25. The molecule has 2 heterocycles. The Morgan fingerprint density at radius 1 is 1.55 bits per heavy atom. The number of amides is 1. The molecule has 1 amide bonds. The van der Waals surface area contributed by atoms with E-state index in [0.717, 1.165) is 18.0 Å². The highest BCUT2D eigenvalue weighted by Gasteiger charge is 2.11. The summed E-state index contributed by atoms with van der Waals surface area (Å²) in [5.41, 5.74) is 0.478. The standard InChI is InChI=1S/C13H16N4O2S/c1-4-8(2)19-11-7-10(5-6-14-11)12(18)16-13-15-9(3)17-20-13/h5-8H,4H2,1-3H3,(H,15,16,17,18)/t8-/m1/s1. The van der Waals surface area contributed by atoms with E-state index in [1.165, 1.54) is 0 Å². The first kappa shape index (κ1) is 14.4. The normalized spacial score (nSPS) is 11.9. The molecule has 1 N–H and O–H groups in total. The molecule has 0 aliphatic carbocycles. The number of aromatic nitrogens is 3. The highest BCUT2D eigenvalue weighted by Crippen LogP contribution is 2.15. The lowest BCUT2D eigenvalue weighted by Gasteiger charge is -2.11. The van der Waals surface area contributed by atoms with Crippen LogP contribution in [0.5, 0.6) is 5.88 Å². The Morgan fingerprint density at radius 2 is 2.35 bits per heavy atom. The fraction of sp³-hybridized carbons (Fsp3) is 0.385. The summed E-state index contributed by atoms with van der Waals surface area (Å²) in [5.74, 6) is 0.832. The van der Waals surface area contributed by atoms with Crippen molar-refractivity contribution in [2.45, 2.75) is 33.3 Å². The van der Waals surface area contributed by atoms with Gasteiger partial charge in [0.1, 0.15) is 5.82 Å². The van der Waals surface area contributed by atoms with Gasteiger partial charge in [-0.1, -0.05) is 6.92 Å². The molecule has 0 saturated carbocycles. The van der Waals surface area contributed by atoms with Gasteiger partial charge in [0.2, 0.25) is 11.0 Å². The fourth-order valence-electron chi connectivity index (χ4n) is 1.42. The molecule has 6 nitrogen and oxygen atoms in total. The second-order valence-corrected chi connectivity index (χ2v) is 5.07. The highest BCUT2D eigenvalue weighted by molar-refractivity contribution is 7.09. The van der Waals surface area contributed by atoms with E-state index >= 15 is 0 Å². The molecule has 2 rings (SSSR count). The molecule has 0 aliphatic rings. The third-order valence-corrected chi connectivity index (χ3v) is 3.36. The summed E-state index contributed by atoms with van der Waals surface area (Å²) < 4.78 is 9.60. The Balaban J connectivity index is 2.08. The Bertz CT molecular complexity index is 600. The fourth-order valence-corrected chi connectivity index (χ4v) is 1.99. The minimum Gasteiger partial charge on any atom is -0.475 e. The summed E-state index contributed by atoms with van der Waals surface area (Å²) >= 11 is 1.15. The average molecular weight is 292 g/mol. The van der Waals surface area contributed by atoms with Crippen LogP contribution in [-0.4, -0.2) is 26.4 Å². The highest BCUT2D eigenvalue weighted by atomic mass is 32.1. The maximum Gasteiger partial charge on any atom is 0.257 e. The van der Waals surface area contributed by atoms with Crippen molar-refractivity contribution in [3.05, 3.63) is 29.7 Å². The van der Waals surface area contributed by atoms with Gasteiger partial charge in [-0.2, -0.15) is 4.37 Å². The number of carbonyl (C=O) groups is 1. The number of ether oxygens (including phenoxy) is 1. The lowest BCUT2D eigenvalue weighted by Crippen LogP contribution is -2.14. The first-order chi connectivity index (χ1) is 9.58. The zero-order valence-corrected chi connectivity index (χ0v) is 12.4. The zero-order chi connectivity index (χ0) is 14.5. The van der Waals surface area contributed by atoms with E-state index < -0.39 is 0 Å². The van der Waals surface area contributed by atoms with Crippen LogP contribution in [0.2, 0.25) is 0 Å². The predicted octanol–water partition coefficient (Wildman–Crippen LogP) is 2.67. The maximum atomic E-state index is 12.1. The largest absolute Gasteiger partial charge is 0.475 e. The van der Waals surface area contributed by atoms with Crippen LogP contribution in [0.15, 0.2) is 18.3 Å². The number of hydrogen-bond acceptors (Lipinski definition) is 6. The molecular weight excluding hydrogens is 276 g/mol. The summed E-state index contributed by atoms with van der Waals surface area (Å²) in [7, 11) is 0. The van der Waals surface area contributed by atoms with Gasteiger partial charge in [-0.25, -0.2) is 9.97 Å². The molecule has 2 aromatic rings. The van der Waals surface area contributed by atoms with Crippen molar-refractivity contribution in [1.29, 1.82) is 0 Å². The van der Waals surface area contributed by atoms with Gasteiger partial charge in [-0.15, -0.1) is 0 Å². The molecule has 0 spiro atoms. The van der Waals surface area contributed by atoms with Crippen LogP contribution in [0.1, 0.15) is 36.5 Å². The number of rotatable bonds is 5. The predicted molar refractivity (Wildman–Crippen MR) is 77.2 cm³/mol. The Kier molecular flexibility index (Phi) is 4.62. The number of nitrogens with zero attached hydrogens (tertiary/aromatic N) is 3. The monoisotopic (exact) mass is 292 g/mol. The van der Waals surface area contributed by atoms with Crippen LogP contribution in [0.4, 0.5) is 5.13 Å². The molecule has 0 radical (unpaired) electrons. The van der Waals surface area contributed by atoms with Crippen LogP contribution >= 0.6 is 11.5 Å². The molecule has 0 saturated heterocycles. The molecule has 106 valence electrons. The van der Waals surface area contributed by atoms with Crippen molar-refractivity contribution in [3.8, 4) is 5.88 Å². The van der Waals surface area contributed by atoms with Crippen molar-refractivity contribution >= 4 is 22.6 Å². The Labute approximate surface area is 121 Å². The van der Waals surface area contributed by atoms with Gasteiger partial charge in [0.25, 0.3) is 5.91 Å². The summed E-state index contributed by atoms with van der Waals surface area (Å²) in [6.07, 6.45) is 2.49. The van der Waals surface area contributed by atoms with Gasteiger partial charge in [0, 0.05) is 29.4 Å². The summed E-state index contributed by atoms with van der Waals surface area (Å²) in [5, 5.41) is 3.18. The van der Waals surface area contributed by atoms with E-state index in [2.05, 4.69) is 19.7 Å². The van der Waals surface area contributed by atoms with Crippen LogP contribution in [0, 0.1) is 6.92 Å². The second kappa shape index (κ2) is 6.42. The lowest BCUT2D eigenvalue weighted by atomic mass is 10.2. The van der Waals surface area contributed by atoms with Gasteiger partial charge in [0.15, 0.2) is 0 Å². The number of nitrogens with one attached hydrogen (secondary N) is 1. The van der Waals surface area contributed by atoms with Gasteiger partial charge >= 0.3 is 0 Å². The van der Waals surface area contributed by atoms with Gasteiger partial charge in [-0.05, 0) is 26.3 Å². The number of carbonyl (C=O) groups excluding carboxylic acids is 1. The quantitative estimate of drug-likeness (QED) is 0.916. The third kappa shape index (κ3) is 3.74. The van der Waals surface area contributed by atoms with E-state index in [4.69, 9.17) is 4.74 Å². The SMILES string of the molecule is CC[C@@H](C)Oc1cc(C(=O)Nc2nc(C)ns2)ccn1. The zero-order valence-electron chi connectivity index (χ0n) is 11.6. The van der Waals surface area contributed by atoms with Gasteiger partial charge in [-0.3, -0.25) is 10.1 Å². The average Bonchev–Trinajstić information content (AvgIpc) is 2.84. The van der Waals surface area contributed by atoms with E-state index in [9.17, 15) is 4.79 Å². The molecule has 1 atom stereocenters. The van der Waals surface area contributed by atoms with Crippen molar-refractivity contribution < 1.29 is 9.53 Å². The van der Waals surface area contributed by atoms with Crippen molar-refractivity contribution in [1.82, 2.24) is 14.3 Å². The van der Waals surface area contributed by atoms with Crippen LogP contribution in [-0.2, 0) is 0 Å². The van der Waals surface area contributed by atoms with E-state index in [0.29, 0.717) is 22.4 Å². The van der Waals surface area contributed by atoms with Crippen molar-refractivity contribution in [2.75, 3.05) is 5.32 Å². The molecular formula is C13H16N4O2S. The van der Waals surface area contributed by atoms with Gasteiger partial charge in [0.05, 0.1) is 6.10 Å². The van der Waals surface area contributed by atoms with Crippen LogP contribution in [0.3, 0.4) is 0 Å². The molecule has 0 fully saturated rings. The summed E-state index contributed by atoms with van der Waals surface area (Å²) in [4.78, 5) is 20.3. The Hall–Kier alpha value is -2.02. The first-order valence-electron chi connectivity index (χ1n) is 6.33. The molecule has 0 unspecified atom stereocenters. The summed E-state index contributed by atoms with van der Waals surface area (Å²) in [6.45, 7) is 5.76. The smallest absolute Gasteiger partial charge is 0.257 e. The molecule has 0 bridgehead atoms. The van der Waals surface area contributed by atoms with E-state index in [1.54, 1.807) is 25.3 Å². The lowest BCUT2D eigenvalue weighted by molar-refractivity contribution is 0.102. The van der Waals surface area contributed by atoms with Crippen molar-refractivity contribution in [3.63, 3.8) is 0 Å². The Morgan fingerprint density at radius 3 is 3.00 bits per heavy atom. The van der Waals surface area contributed by atoms with Crippen LogP contribution in [0.25, 0.3) is 0 Å². The minimum absolute atomic E-state index is 0.0617. The molecule has 0 aliphatic heterocycles. The first-order valence-corrected chi connectivity index (χ1v) is 7.10. The maximum absolute atomic E-state index is 12.1. The number of hydrogen-bond donors (Lipinski definition) is 1. The molecule has 0 aromatic carbocycles. The number of aryl methyl sites for hydroxylation is 1. The molecule has 7 heteroatoms. The number of pyridine rings is 1. The number of anilines is 1. The van der Waals surface area contributed by atoms with E-state index in [1.807, 2.05) is 13.8 Å². The van der Waals surface area contributed by atoms with E-state index in [-0.39, 0.29) is 12.0 Å². The van der Waals surface area contributed by atoms with Gasteiger partial charge < -0.3 is 4.74 Å². The second-order valence-electron chi connectivity index (χ2n) is 4.32. The van der Waals surface area contributed by atoms with Crippen molar-refractivity contribution in [2.24, 2.45) is 0 Å². The minimum atomic E-state index is -0.252. The molecule has 2 aromatic heterocycles.